The molecule has 0 radical (unpaired) electrons. The fourth-order valence-electron chi connectivity index (χ4n) is 0.965. The largest absolute Gasteiger partial charge is 0.392 e. The van der Waals surface area contributed by atoms with Crippen molar-refractivity contribution in [3.63, 3.8) is 0 Å². The Balaban J connectivity index is 2.12. The highest BCUT2D eigenvalue weighted by Crippen LogP contribution is 2.39. The maximum atomic E-state index is 11.8. The van der Waals surface area contributed by atoms with Gasteiger partial charge in [-0.1, -0.05) is 5.16 Å². The summed E-state index contributed by atoms with van der Waals surface area (Å²) in [6.45, 7) is -0.429. The van der Waals surface area contributed by atoms with Crippen molar-refractivity contribution in [2.24, 2.45) is 11.1 Å². The molecule has 2 aliphatic rings. The van der Waals surface area contributed by atoms with Gasteiger partial charge in [0.25, 0.3) is 0 Å². The van der Waals surface area contributed by atoms with Crippen LogP contribution in [0.25, 0.3) is 0 Å². The molecule has 3 heteroatoms. The normalized spacial score (nSPS) is 40.4. The number of rotatable bonds is 1. The second-order valence-electron chi connectivity index (χ2n) is 2.20. The summed E-state index contributed by atoms with van der Waals surface area (Å²) in [6.07, 6.45) is 1.24. The molecule has 0 N–H and O–H groups in total. The van der Waals surface area contributed by atoms with Gasteiger partial charge in [0.05, 0.1) is 5.71 Å². The zero-order valence-corrected chi connectivity index (χ0v) is 4.30. The van der Waals surface area contributed by atoms with Gasteiger partial charge in [-0.15, -0.1) is 0 Å². The van der Waals surface area contributed by atoms with Crippen LogP contribution in [0.2, 0.25) is 0 Å². The fraction of sp³-hybridized carbons (Fsp3) is 0.800. The number of nitrogens with zero attached hydrogens (tertiary/aromatic N) is 1. The first kappa shape index (κ1) is 4.30. The third-order valence-corrected chi connectivity index (χ3v) is 1.60. The first-order valence-corrected chi connectivity index (χ1v) is 2.70. The summed E-state index contributed by atoms with van der Waals surface area (Å²) in [5.41, 5.74) is 0.606. The van der Waals surface area contributed by atoms with Crippen molar-refractivity contribution in [2.75, 3.05) is 6.67 Å². The highest BCUT2D eigenvalue weighted by atomic mass is 19.1. The van der Waals surface area contributed by atoms with Gasteiger partial charge >= 0.3 is 0 Å². The molecule has 44 valence electrons. The van der Waals surface area contributed by atoms with E-state index < -0.39 is 6.67 Å². The third kappa shape index (κ3) is 0.389. The van der Waals surface area contributed by atoms with Crippen LogP contribution in [-0.2, 0) is 4.84 Å². The van der Waals surface area contributed by atoms with E-state index in [0.717, 1.165) is 6.42 Å². The van der Waals surface area contributed by atoms with E-state index in [9.17, 15) is 4.39 Å². The zero-order chi connectivity index (χ0) is 5.56. The fourth-order valence-corrected chi connectivity index (χ4v) is 0.965. The molecule has 1 heterocycles. The molecule has 2 unspecified atom stereocenters. The third-order valence-electron chi connectivity index (χ3n) is 1.60. The minimum Gasteiger partial charge on any atom is -0.392 e. The molecule has 1 fully saturated rings. The van der Waals surface area contributed by atoms with Crippen molar-refractivity contribution >= 4 is 5.71 Å². The molecule has 0 aromatic heterocycles. The van der Waals surface area contributed by atoms with Crippen molar-refractivity contribution in [1.82, 2.24) is 0 Å². The van der Waals surface area contributed by atoms with Crippen LogP contribution >= 0.6 is 0 Å². The number of oxime groups is 1. The van der Waals surface area contributed by atoms with Gasteiger partial charge in [0.2, 0.25) is 0 Å². The van der Waals surface area contributed by atoms with Crippen molar-refractivity contribution in [3.8, 4) is 0 Å². The molecule has 8 heavy (non-hydrogen) atoms. The Morgan fingerprint density at radius 3 is 3.00 bits per heavy atom. The van der Waals surface area contributed by atoms with E-state index in [0.29, 0.717) is 11.6 Å². The minimum atomic E-state index is -0.429. The Kier molecular flexibility index (Phi) is 0.652. The molecule has 1 aliphatic carbocycles. The lowest BCUT2D eigenvalue weighted by Gasteiger charge is -1.86. The lowest BCUT2D eigenvalue weighted by molar-refractivity contribution is 0.140. The first-order valence-electron chi connectivity index (χ1n) is 2.70. The summed E-state index contributed by atoms with van der Waals surface area (Å²) < 4.78 is 11.8. The summed E-state index contributed by atoms with van der Waals surface area (Å²) in [5.74, 6) is 0.347. The summed E-state index contributed by atoms with van der Waals surface area (Å²) in [6, 6.07) is 0. The predicted molar refractivity (Wildman–Crippen MR) is 26.4 cm³/mol. The number of alkyl halides is 1. The summed E-state index contributed by atoms with van der Waals surface area (Å²) in [7, 11) is 0. The number of hydrogen-bond acceptors (Lipinski definition) is 2. The Morgan fingerprint density at radius 2 is 2.75 bits per heavy atom. The van der Waals surface area contributed by atoms with E-state index in [1.807, 2.05) is 0 Å². The maximum absolute atomic E-state index is 11.8. The lowest BCUT2D eigenvalue weighted by Crippen LogP contribution is -1.99. The zero-order valence-electron chi connectivity index (χ0n) is 4.30. The van der Waals surface area contributed by atoms with E-state index in [2.05, 4.69) is 5.16 Å². The van der Waals surface area contributed by atoms with E-state index >= 15 is 0 Å². The Labute approximate surface area is 46.3 Å². The highest BCUT2D eigenvalue weighted by Gasteiger charge is 2.48. The van der Waals surface area contributed by atoms with Gasteiger partial charge in [0, 0.05) is 5.92 Å². The van der Waals surface area contributed by atoms with Gasteiger partial charge in [-0.3, -0.25) is 0 Å². The number of halogens is 1. The molecule has 0 saturated heterocycles. The van der Waals surface area contributed by atoms with E-state index in [1.165, 1.54) is 0 Å². The molecule has 0 aromatic carbocycles. The lowest BCUT2D eigenvalue weighted by atomic mass is 10.3. The van der Waals surface area contributed by atoms with Gasteiger partial charge in [0.15, 0.2) is 0 Å². The maximum Gasteiger partial charge on any atom is 0.136 e. The molecule has 0 bridgehead atoms. The Bertz CT molecular complexity index is 145. The van der Waals surface area contributed by atoms with Gasteiger partial charge in [-0.2, -0.15) is 0 Å². The number of fused-ring (bicyclic) bond motifs is 1. The van der Waals surface area contributed by atoms with Crippen molar-refractivity contribution < 1.29 is 9.23 Å². The van der Waals surface area contributed by atoms with Crippen LogP contribution < -0.4 is 0 Å². The second-order valence-corrected chi connectivity index (χ2v) is 2.20. The van der Waals surface area contributed by atoms with E-state index in [4.69, 9.17) is 4.84 Å². The van der Waals surface area contributed by atoms with Crippen LogP contribution in [0.3, 0.4) is 0 Å². The highest BCUT2D eigenvalue weighted by molar-refractivity contribution is 5.91. The Morgan fingerprint density at radius 1 is 1.88 bits per heavy atom. The molecule has 2 nitrogen and oxygen atoms in total. The smallest absolute Gasteiger partial charge is 0.136 e. The van der Waals surface area contributed by atoms with E-state index in [-0.39, 0.29) is 6.10 Å². The molecule has 0 aromatic rings. The van der Waals surface area contributed by atoms with E-state index in [1.54, 1.807) is 0 Å². The molecule has 2 rings (SSSR count). The first-order chi connectivity index (χ1) is 3.92. The van der Waals surface area contributed by atoms with Crippen LogP contribution in [0, 0.1) is 5.92 Å². The van der Waals surface area contributed by atoms with Gasteiger partial charge in [-0.25, -0.2) is 4.39 Å². The summed E-state index contributed by atoms with van der Waals surface area (Å²) in [5, 5.41) is 3.53. The molecule has 2 atom stereocenters. The average Bonchev–Trinajstić information content (AvgIpc) is 2.46. The van der Waals surface area contributed by atoms with Crippen molar-refractivity contribution in [2.45, 2.75) is 12.5 Å². The van der Waals surface area contributed by atoms with Crippen LogP contribution in [0.15, 0.2) is 5.16 Å². The van der Waals surface area contributed by atoms with Gasteiger partial charge in [0.1, 0.15) is 12.8 Å². The van der Waals surface area contributed by atoms with Crippen molar-refractivity contribution in [3.05, 3.63) is 0 Å². The van der Waals surface area contributed by atoms with Gasteiger partial charge < -0.3 is 4.84 Å². The SMILES string of the molecule is FCC1=NOC2CC12. The molecule has 1 saturated carbocycles. The van der Waals surface area contributed by atoms with Crippen LogP contribution in [-0.4, -0.2) is 18.5 Å². The molecule has 1 aliphatic heterocycles. The topological polar surface area (TPSA) is 21.6 Å². The molecule has 0 amide bonds. The van der Waals surface area contributed by atoms with Crippen LogP contribution in [0.1, 0.15) is 6.42 Å². The van der Waals surface area contributed by atoms with Crippen molar-refractivity contribution in [1.29, 1.82) is 0 Å². The standard InChI is InChI=1S/C5H6FNO/c6-2-4-3-1-5(3)8-7-4/h3,5H,1-2H2. The summed E-state index contributed by atoms with van der Waals surface area (Å²) in [4.78, 5) is 4.78. The number of hydrogen-bond donors (Lipinski definition) is 0. The van der Waals surface area contributed by atoms with Crippen LogP contribution in [0.4, 0.5) is 4.39 Å². The van der Waals surface area contributed by atoms with Crippen LogP contribution in [0.5, 0.6) is 0 Å². The van der Waals surface area contributed by atoms with Gasteiger partial charge in [-0.05, 0) is 6.42 Å². The molecule has 0 spiro atoms. The minimum absolute atomic E-state index is 0.251. The summed E-state index contributed by atoms with van der Waals surface area (Å²) >= 11 is 0. The molecular weight excluding hydrogens is 109 g/mol. The molecular formula is C5H6FNO. The second kappa shape index (κ2) is 1.21. The monoisotopic (exact) mass is 115 g/mol. The Hall–Kier alpha value is -0.600. The predicted octanol–water partition coefficient (Wildman–Crippen LogP) is 0.731. The average molecular weight is 115 g/mol. The quantitative estimate of drug-likeness (QED) is 0.493.